The Morgan fingerprint density at radius 3 is 2.36 bits per heavy atom. The van der Waals surface area contributed by atoms with Crippen molar-refractivity contribution in [1.29, 1.82) is 0 Å². The lowest BCUT2D eigenvalue weighted by molar-refractivity contribution is -0.0899. The van der Waals surface area contributed by atoms with E-state index in [1.165, 1.54) is 5.06 Å². The molecule has 6 heteroatoms. The highest BCUT2D eigenvalue weighted by Crippen LogP contribution is 2.16. The van der Waals surface area contributed by atoms with Crippen LogP contribution in [-0.4, -0.2) is 39.6 Å². The molecule has 0 amide bonds. The fourth-order valence-corrected chi connectivity index (χ4v) is 2.66. The van der Waals surface area contributed by atoms with Crippen molar-refractivity contribution < 1.29 is 14.7 Å². The van der Waals surface area contributed by atoms with Crippen molar-refractivity contribution in [2.24, 2.45) is 0 Å². The number of hydroxylamine groups is 2. The van der Waals surface area contributed by atoms with Gasteiger partial charge in [-0.15, -0.1) is 28.6 Å². The standard InChI is InChI=1S/C5H9NO3S2/c7-5(8)9-6-3-10-1-2-11-4-6/h1-4H2,(H,7,8). The Bertz CT molecular complexity index is 136. The minimum absolute atomic E-state index is 0.638. The average molecular weight is 195 g/mol. The van der Waals surface area contributed by atoms with Gasteiger partial charge in [0.15, 0.2) is 0 Å². The number of hydrogen-bond acceptors (Lipinski definition) is 5. The fraction of sp³-hybridized carbons (Fsp3) is 0.800. The van der Waals surface area contributed by atoms with E-state index >= 15 is 0 Å². The first-order chi connectivity index (χ1) is 5.29. The van der Waals surface area contributed by atoms with Gasteiger partial charge in [0, 0.05) is 11.5 Å². The van der Waals surface area contributed by atoms with Crippen molar-refractivity contribution in [3.63, 3.8) is 0 Å². The second-order valence-electron chi connectivity index (χ2n) is 1.91. The van der Waals surface area contributed by atoms with E-state index in [-0.39, 0.29) is 0 Å². The molecule has 0 atom stereocenters. The first-order valence-corrected chi connectivity index (χ1v) is 5.41. The van der Waals surface area contributed by atoms with Gasteiger partial charge in [0.05, 0.1) is 11.8 Å². The van der Waals surface area contributed by atoms with Gasteiger partial charge in [-0.25, -0.2) is 4.79 Å². The Kier molecular flexibility index (Phi) is 3.88. The molecule has 1 saturated heterocycles. The molecule has 11 heavy (non-hydrogen) atoms. The lowest BCUT2D eigenvalue weighted by Gasteiger charge is -2.14. The summed E-state index contributed by atoms with van der Waals surface area (Å²) in [5, 5.41) is 9.72. The summed E-state index contributed by atoms with van der Waals surface area (Å²) in [5.41, 5.74) is 0. The van der Waals surface area contributed by atoms with E-state index < -0.39 is 6.16 Å². The first kappa shape index (κ1) is 9.02. The van der Waals surface area contributed by atoms with E-state index in [0.717, 1.165) is 11.5 Å². The monoisotopic (exact) mass is 195 g/mol. The summed E-state index contributed by atoms with van der Waals surface area (Å²) >= 11 is 3.37. The summed E-state index contributed by atoms with van der Waals surface area (Å²) in [7, 11) is 0. The van der Waals surface area contributed by atoms with Crippen LogP contribution in [-0.2, 0) is 4.84 Å². The van der Waals surface area contributed by atoms with Crippen LogP contribution in [0, 0.1) is 0 Å². The molecule has 0 aromatic heterocycles. The maximum atomic E-state index is 10.1. The minimum Gasteiger partial charge on any atom is -0.448 e. The molecule has 0 spiro atoms. The fourth-order valence-electron chi connectivity index (χ4n) is 0.651. The van der Waals surface area contributed by atoms with Crippen molar-refractivity contribution in [3.05, 3.63) is 0 Å². The van der Waals surface area contributed by atoms with E-state index in [4.69, 9.17) is 5.11 Å². The molecular weight excluding hydrogens is 186 g/mol. The highest BCUT2D eigenvalue weighted by Gasteiger charge is 2.12. The zero-order valence-corrected chi connectivity index (χ0v) is 7.49. The lowest BCUT2D eigenvalue weighted by Crippen LogP contribution is -2.25. The number of hydrogen-bond donors (Lipinski definition) is 1. The molecule has 0 bridgehead atoms. The van der Waals surface area contributed by atoms with E-state index in [2.05, 4.69) is 4.84 Å². The van der Waals surface area contributed by atoms with Crippen molar-refractivity contribution in [2.75, 3.05) is 23.3 Å². The molecular formula is C5H9NO3S2. The van der Waals surface area contributed by atoms with Gasteiger partial charge in [-0.2, -0.15) is 0 Å². The van der Waals surface area contributed by atoms with Crippen molar-refractivity contribution in [2.45, 2.75) is 0 Å². The van der Waals surface area contributed by atoms with Crippen LogP contribution in [0.2, 0.25) is 0 Å². The van der Waals surface area contributed by atoms with E-state index in [1.807, 2.05) is 0 Å². The topological polar surface area (TPSA) is 49.8 Å². The summed E-state index contributed by atoms with van der Waals surface area (Å²) in [4.78, 5) is 14.6. The molecule has 0 aromatic carbocycles. The molecule has 1 aliphatic heterocycles. The zero-order chi connectivity index (χ0) is 8.10. The molecule has 0 saturated carbocycles. The maximum Gasteiger partial charge on any atom is 0.525 e. The largest absolute Gasteiger partial charge is 0.525 e. The highest BCUT2D eigenvalue weighted by molar-refractivity contribution is 8.03. The van der Waals surface area contributed by atoms with Crippen molar-refractivity contribution in [3.8, 4) is 0 Å². The number of thioether (sulfide) groups is 2. The molecule has 1 rings (SSSR count). The average Bonchev–Trinajstić information content (AvgIpc) is 2.14. The maximum absolute atomic E-state index is 10.1. The van der Waals surface area contributed by atoms with Crippen LogP contribution < -0.4 is 0 Å². The Morgan fingerprint density at radius 2 is 1.91 bits per heavy atom. The third-order valence-electron chi connectivity index (χ3n) is 1.05. The summed E-state index contributed by atoms with van der Waals surface area (Å²) in [6, 6.07) is 0. The summed E-state index contributed by atoms with van der Waals surface area (Å²) in [6.45, 7) is 0. The second kappa shape index (κ2) is 4.74. The quantitative estimate of drug-likeness (QED) is 0.680. The summed E-state index contributed by atoms with van der Waals surface area (Å²) in [6.07, 6.45) is -1.23. The van der Waals surface area contributed by atoms with Gasteiger partial charge in [-0.3, -0.25) is 0 Å². The highest BCUT2D eigenvalue weighted by atomic mass is 32.2. The predicted molar refractivity (Wildman–Crippen MR) is 45.6 cm³/mol. The van der Waals surface area contributed by atoms with Gasteiger partial charge in [0.1, 0.15) is 0 Å². The molecule has 1 fully saturated rings. The Labute approximate surface area is 73.2 Å². The number of rotatable bonds is 1. The normalized spacial score (nSPS) is 20.7. The van der Waals surface area contributed by atoms with E-state index in [0.29, 0.717) is 11.8 Å². The van der Waals surface area contributed by atoms with Crippen LogP contribution in [0.3, 0.4) is 0 Å². The first-order valence-electron chi connectivity index (χ1n) is 3.10. The van der Waals surface area contributed by atoms with Gasteiger partial charge in [0.25, 0.3) is 0 Å². The van der Waals surface area contributed by atoms with Gasteiger partial charge < -0.3 is 9.94 Å². The number of nitrogens with zero attached hydrogens (tertiary/aromatic N) is 1. The van der Waals surface area contributed by atoms with Crippen LogP contribution in [0.4, 0.5) is 4.79 Å². The molecule has 4 nitrogen and oxygen atoms in total. The van der Waals surface area contributed by atoms with Crippen LogP contribution in [0.25, 0.3) is 0 Å². The molecule has 1 N–H and O–H groups in total. The second-order valence-corrected chi connectivity index (χ2v) is 4.06. The third kappa shape index (κ3) is 3.74. The molecule has 64 valence electrons. The third-order valence-corrected chi connectivity index (χ3v) is 3.23. The lowest BCUT2D eigenvalue weighted by atomic mass is 11.0. The van der Waals surface area contributed by atoms with Gasteiger partial charge in [0.2, 0.25) is 0 Å². The smallest absolute Gasteiger partial charge is 0.448 e. The van der Waals surface area contributed by atoms with Crippen molar-refractivity contribution in [1.82, 2.24) is 5.06 Å². The van der Waals surface area contributed by atoms with E-state index in [9.17, 15) is 4.79 Å². The molecule has 0 unspecified atom stereocenters. The SMILES string of the molecule is O=C(O)ON1CSCCSC1. The predicted octanol–water partition coefficient (Wildman–Crippen LogP) is 1.29. The van der Waals surface area contributed by atoms with E-state index in [1.54, 1.807) is 23.5 Å². The van der Waals surface area contributed by atoms with Crippen LogP contribution in [0.15, 0.2) is 0 Å². The molecule has 0 radical (unpaired) electrons. The van der Waals surface area contributed by atoms with Gasteiger partial charge in [-0.1, -0.05) is 0 Å². The van der Waals surface area contributed by atoms with Gasteiger partial charge in [-0.05, 0) is 0 Å². The number of carboxylic acid groups (broad SMARTS) is 1. The number of carbonyl (C=O) groups is 1. The molecule has 1 heterocycles. The molecule has 0 aromatic rings. The van der Waals surface area contributed by atoms with Crippen LogP contribution in [0.1, 0.15) is 0 Å². The Hall–Kier alpha value is -0.0700. The molecule has 0 aliphatic carbocycles. The summed E-state index contributed by atoms with van der Waals surface area (Å²) < 4.78 is 0. The Morgan fingerprint density at radius 1 is 1.36 bits per heavy atom. The van der Waals surface area contributed by atoms with Crippen LogP contribution >= 0.6 is 23.5 Å². The molecule has 1 aliphatic rings. The van der Waals surface area contributed by atoms with Crippen LogP contribution in [0.5, 0.6) is 0 Å². The zero-order valence-electron chi connectivity index (χ0n) is 5.86. The van der Waals surface area contributed by atoms with Crippen molar-refractivity contribution >= 4 is 29.7 Å². The minimum atomic E-state index is -1.23. The Balaban J connectivity index is 2.25. The van der Waals surface area contributed by atoms with Gasteiger partial charge >= 0.3 is 6.16 Å². The summed E-state index contributed by atoms with van der Waals surface area (Å²) in [5.74, 6) is 3.40.